The van der Waals surface area contributed by atoms with Crippen molar-refractivity contribution in [2.24, 2.45) is 5.92 Å². The van der Waals surface area contributed by atoms with Crippen LogP contribution in [0.1, 0.15) is 51.4 Å². The maximum atomic E-state index is 11.5. The third-order valence-electron chi connectivity index (χ3n) is 4.25. The Labute approximate surface area is 157 Å². The normalized spacial score (nSPS) is 32.6. The Morgan fingerprint density at radius 2 is 1.79 bits per heavy atom. The summed E-state index contributed by atoms with van der Waals surface area (Å²) in [7, 11) is 0. The molecule has 6 heteroatoms. The van der Waals surface area contributed by atoms with Gasteiger partial charge in [0.05, 0.1) is 6.61 Å². The van der Waals surface area contributed by atoms with Crippen molar-refractivity contribution in [3.63, 3.8) is 0 Å². The fourth-order valence-electron chi connectivity index (χ4n) is 3.11. The summed E-state index contributed by atoms with van der Waals surface area (Å²) in [5.41, 5.74) is 0. The van der Waals surface area contributed by atoms with Gasteiger partial charge in [0.25, 0.3) is 0 Å². The van der Waals surface area contributed by atoms with Crippen LogP contribution < -0.4 is 56.5 Å². The van der Waals surface area contributed by atoms with Crippen molar-refractivity contribution >= 4 is 0 Å². The molecule has 0 spiro atoms. The van der Waals surface area contributed by atoms with Gasteiger partial charge in [-0.05, 0) is 25.2 Å². The number of hydrogen-bond acceptors (Lipinski definition) is 4. The van der Waals surface area contributed by atoms with Crippen molar-refractivity contribution in [3.05, 3.63) is 10.1 Å². The molecule has 0 N–H and O–H groups in total. The number of nitrogens with zero attached hydrogens (tertiary/aromatic N) is 1. The minimum atomic E-state index is -0.683. The molecule has 3 unspecified atom stereocenters. The standard InChI is InChI=1S/C13H22NO4.K/c15-11-6-7-12(14(16)17)13(8-11)18-9-10-4-2-1-3-5-10;/h10-13H,1-9H2;/q-1;+1. The molecule has 0 bridgehead atoms. The Balaban J connectivity index is 0.00000180. The summed E-state index contributed by atoms with van der Waals surface area (Å²) < 4.78 is 5.73. The summed E-state index contributed by atoms with van der Waals surface area (Å²) in [6.45, 7) is 0.599. The summed E-state index contributed by atoms with van der Waals surface area (Å²) >= 11 is 0. The molecule has 2 rings (SSSR count). The third-order valence-corrected chi connectivity index (χ3v) is 4.25. The molecule has 0 amide bonds. The zero-order valence-electron chi connectivity index (χ0n) is 11.8. The molecule has 0 aromatic rings. The summed E-state index contributed by atoms with van der Waals surface area (Å²) in [5.74, 6) is 0.540. The van der Waals surface area contributed by atoms with E-state index in [2.05, 4.69) is 0 Å². The van der Waals surface area contributed by atoms with Gasteiger partial charge in [-0.15, -0.1) is 6.10 Å². The minimum Gasteiger partial charge on any atom is -0.852 e. The van der Waals surface area contributed by atoms with Crippen molar-refractivity contribution in [1.82, 2.24) is 0 Å². The van der Waals surface area contributed by atoms with E-state index >= 15 is 0 Å². The molecule has 2 aliphatic rings. The van der Waals surface area contributed by atoms with Gasteiger partial charge in [0, 0.05) is 11.3 Å². The predicted octanol–water partition coefficient (Wildman–Crippen LogP) is -1.49. The van der Waals surface area contributed by atoms with Gasteiger partial charge in [0.2, 0.25) is 6.04 Å². The Kier molecular flexibility index (Phi) is 8.60. The van der Waals surface area contributed by atoms with Gasteiger partial charge >= 0.3 is 51.4 Å². The zero-order valence-corrected chi connectivity index (χ0v) is 14.9. The van der Waals surface area contributed by atoms with Crippen LogP contribution in [0.3, 0.4) is 0 Å². The van der Waals surface area contributed by atoms with Crippen LogP contribution in [0.25, 0.3) is 0 Å². The number of hydrogen-bond donors (Lipinski definition) is 0. The van der Waals surface area contributed by atoms with E-state index in [1.54, 1.807) is 0 Å². The van der Waals surface area contributed by atoms with Crippen molar-refractivity contribution in [1.29, 1.82) is 0 Å². The van der Waals surface area contributed by atoms with Gasteiger partial charge in [-0.3, -0.25) is 10.1 Å². The smallest absolute Gasteiger partial charge is 0.852 e. The van der Waals surface area contributed by atoms with Crippen LogP contribution in [0, 0.1) is 16.0 Å². The van der Waals surface area contributed by atoms with Crippen LogP contribution in [0.2, 0.25) is 0 Å². The molecule has 104 valence electrons. The van der Waals surface area contributed by atoms with Gasteiger partial charge in [0.1, 0.15) is 6.10 Å². The maximum absolute atomic E-state index is 11.5. The first-order valence-corrected chi connectivity index (χ1v) is 7.07. The molecule has 0 radical (unpaired) electrons. The molecule has 0 saturated heterocycles. The molecule has 2 saturated carbocycles. The molecule has 5 nitrogen and oxygen atoms in total. The molecule has 0 aromatic carbocycles. The molecule has 3 atom stereocenters. The van der Waals surface area contributed by atoms with E-state index in [9.17, 15) is 15.2 Å². The first-order chi connectivity index (χ1) is 8.66. The van der Waals surface area contributed by atoms with Crippen LogP contribution in [0.4, 0.5) is 0 Å². The Bertz CT molecular complexity index is 284. The summed E-state index contributed by atoms with van der Waals surface area (Å²) in [4.78, 5) is 10.7. The average molecular weight is 295 g/mol. The van der Waals surface area contributed by atoms with E-state index < -0.39 is 18.2 Å². The maximum Gasteiger partial charge on any atom is 1.00 e. The van der Waals surface area contributed by atoms with E-state index in [-0.39, 0.29) is 56.3 Å². The second kappa shape index (κ2) is 9.07. The van der Waals surface area contributed by atoms with Crippen molar-refractivity contribution in [2.75, 3.05) is 6.61 Å². The first kappa shape index (κ1) is 18.0. The largest absolute Gasteiger partial charge is 1.00 e. The Morgan fingerprint density at radius 1 is 1.11 bits per heavy atom. The van der Waals surface area contributed by atoms with Gasteiger partial charge in [-0.1, -0.05) is 25.7 Å². The van der Waals surface area contributed by atoms with Crippen molar-refractivity contribution in [2.45, 2.75) is 69.6 Å². The van der Waals surface area contributed by atoms with Crippen LogP contribution in [0.5, 0.6) is 0 Å². The second-order valence-electron chi connectivity index (χ2n) is 5.66. The third kappa shape index (κ3) is 5.69. The SMILES string of the molecule is O=[N+]([O-])C1CCC([O-])CC1OCC1CCCCC1.[K+]. The number of ether oxygens (including phenoxy) is 1. The summed E-state index contributed by atoms with van der Waals surface area (Å²) in [6, 6.07) is -0.668. The van der Waals surface area contributed by atoms with Crippen LogP contribution in [-0.4, -0.2) is 29.8 Å². The number of rotatable bonds is 4. The molecule has 0 aliphatic heterocycles. The van der Waals surface area contributed by atoms with Crippen molar-refractivity contribution < 1.29 is 66.2 Å². The van der Waals surface area contributed by atoms with Gasteiger partial charge in [-0.25, -0.2) is 0 Å². The summed E-state index contributed by atoms with van der Waals surface area (Å²) in [5, 5.41) is 22.4. The van der Waals surface area contributed by atoms with E-state index in [4.69, 9.17) is 4.74 Å². The van der Waals surface area contributed by atoms with Crippen molar-refractivity contribution in [3.8, 4) is 0 Å². The molecule has 19 heavy (non-hydrogen) atoms. The molecule has 2 fully saturated rings. The topological polar surface area (TPSA) is 75.4 Å². The molecule has 0 aromatic heterocycles. The van der Waals surface area contributed by atoms with Gasteiger partial charge in [0.15, 0.2) is 0 Å². The molecular formula is C13H22KNO4. The quantitative estimate of drug-likeness (QED) is 0.360. The van der Waals surface area contributed by atoms with E-state index in [0.29, 0.717) is 31.8 Å². The molecular weight excluding hydrogens is 273 g/mol. The Hall–Kier alpha value is 0.956. The second-order valence-corrected chi connectivity index (χ2v) is 5.66. The summed E-state index contributed by atoms with van der Waals surface area (Å²) in [6.07, 6.45) is 6.04. The zero-order chi connectivity index (χ0) is 13.0. The van der Waals surface area contributed by atoms with Crippen LogP contribution >= 0.6 is 0 Å². The van der Waals surface area contributed by atoms with Crippen LogP contribution in [0.15, 0.2) is 0 Å². The molecule has 0 heterocycles. The minimum absolute atomic E-state index is 0. The van der Waals surface area contributed by atoms with E-state index in [1.807, 2.05) is 0 Å². The number of nitro groups is 1. The fraction of sp³-hybridized carbons (Fsp3) is 1.00. The van der Waals surface area contributed by atoms with E-state index in [0.717, 1.165) is 12.8 Å². The average Bonchev–Trinajstić information content (AvgIpc) is 2.37. The predicted molar refractivity (Wildman–Crippen MR) is 64.7 cm³/mol. The van der Waals surface area contributed by atoms with Gasteiger partial charge < -0.3 is 9.84 Å². The van der Waals surface area contributed by atoms with E-state index in [1.165, 1.54) is 19.3 Å². The van der Waals surface area contributed by atoms with Gasteiger partial charge in [-0.2, -0.15) is 0 Å². The fourth-order valence-corrected chi connectivity index (χ4v) is 3.11. The monoisotopic (exact) mass is 295 g/mol. The first-order valence-electron chi connectivity index (χ1n) is 7.07. The Morgan fingerprint density at radius 3 is 2.42 bits per heavy atom. The van der Waals surface area contributed by atoms with Crippen LogP contribution in [-0.2, 0) is 4.74 Å². The molecule has 2 aliphatic carbocycles.